The van der Waals surface area contributed by atoms with Gasteiger partial charge >= 0.3 is 0 Å². The topological polar surface area (TPSA) is 64.2 Å². The lowest BCUT2D eigenvalue weighted by Crippen LogP contribution is -1.89. The molecule has 0 saturated heterocycles. The number of nitrogens with two attached hydrogens (primary N) is 1. The first kappa shape index (κ1) is 5.68. The van der Waals surface area contributed by atoms with Crippen molar-refractivity contribution < 1.29 is 0 Å². The Morgan fingerprint density at radius 1 is 1.56 bits per heavy atom. The van der Waals surface area contributed by atoms with Crippen LogP contribution in [0, 0.1) is 0 Å². The predicted octanol–water partition coefficient (Wildman–Crippen LogP) is -0.231. The summed E-state index contributed by atoms with van der Waals surface area (Å²) in [6.07, 6.45) is 6.19. The number of nitrogens with zero attached hydrogens (tertiary/aromatic N) is 3. The Morgan fingerprint density at radius 2 is 2.44 bits per heavy atom. The second-order valence-corrected chi connectivity index (χ2v) is 1.41. The van der Waals surface area contributed by atoms with Gasteiger partial charge in [-0.1, -0.05) is 0 Å². The minimum atomic E-state index is 0.667. The lowest BCUT2D eigenvalue weighted by Gasteiger charge is -1.84. The minimum Gasteiger partial charge on any atom is -0.323 e. The van der Waals surface area contributed by atoms with Crippen LogP contribution in [0.3, 0.4) is 0 Å². The van der Waals surface area contributed by atoms with Crippen LogP contribution >= 0.6 is 0 Å². The molecular formula is C5H6N4. The van der Waals surface area contributed by atoms with E-state index in [4.69, 9.17) is 5.84 Å². The molecule has 1 rings (SSSR count). The van der Waals surface area contributed by atoms with Gasteiger partial charge in [0.05, 0.1) is 12.4 Å². The van der Waals surface area contributed by atoms with Crippen LogP contribution in [0.4, 0.5) is 0 Å². The highest BCUT2D eigenvalue weighted by molar-refractivity contribution is 5.75. The third-order valence-corrected chi connectivity index (χ3v) is 0.790. The van der Waals surface area contributed by atoms with Crippen molar-refractivity contribution in [1.82, 2.24) is 9.97 Å². The monoisotopic (exact) mass is 122 g/mol. The van der Waals surface area contributed by atoms with Gasteiger partial charge in [-0.2, -0.15) is 5.10 Å². The van der Waals surface area contributed by atoms with Gasteiger partial charge in [0, 0.05) is 12.4 Å². The molecule has 0 atom stereocenters. The molecule has 46 valence electrons. The van der Waals surface area contributed by atoms with Crippen molar-refractivity contribution in [3.05, 3.63) is 24.3 Å². The highest BCUT2D eigenvalue weighted by Crippen LogP contribution is 1.81. The van der Waals surface area contributed by atoms with Crippen LogP contribution in [0.2, 0.25) is 0 Å². The van der Waals surface area contributed by atoms with Crippen molar-refractivity contribution in [2.75, 3.05) is 0 Å². The number of hydrogen-bond acceptors (Lipinski definition) is 4. The maximum Gasteiger partial charge on any atom is 0.101 e. The van der Waals surface area contributed by atoms with Crippen LogP contribution in [0.15, 0.2) is 23.7 Å². The molecule has 0 radical (unpaired) electrons. The number of hydrogen-bond donors (Lipinski definition) is 1. The summed E-state index contributed by atoms with van der Waals surface area (Å²) in [6.45, 7) is 0. The van der Waals surface area contributed by atoms with Gasteiger partial charge in [-0.05, 0) is 0 Å². The lowest BCUT2D eigenvalue weighted by molar-refractivity contribution is 1.17. The molecule has 0 amide bonds. The molecule has 0 spiro atoms. The van der Waals surface area contributed by atoms with E-state index >= 15 is 0 Å². The number of hydrazone groups is 1. The third-order valence-electron chi connectivity index (χ3n) is 0.790. The molecule has 1 aromatic heterocycles. The first-order chi connectivity index (χ1) is 4.43. The molecule has 4 nitrogen and oxygen atoms in total. The molecule has 1 heterocycles. The SMILES string of the molecule is NN=Cc1cnccn1. The molecule has 0 aliphatic carbocycles. The van der Waals surface area contributed by atoms with Crippen LogP contribution in [-0.4, -0.2) is 16.2 Å². The molecule has 0 aliphatic rings. The number of rotatable bonds is 1. The minimum absolute atomic E-state index is 0.667. The average molecular weight is 122 g/mol. The van der Waals surface area contributed by atoms with E-state index in [-0.39, 0.29) is 0 Å². The zero-order valence-electron chi connectivity index (χ0n) is 4.73. The molecule has 0 aliphatic heterocycles. The Labute approximate surface area is 52.4 Å². The second kappa shape index (κ2) is 2.76. The van der Waals surface area contributed by atoms with Crippen molar-refractivity contribution in [2.45, 2.75) is 0 Å². The molecule has 1 aromatic rings. The summed E-state index contributed by atoms with van der Waals surface area (Å²) in [7, 11) is 0. The Kier molecular flexibility index (Phi) is 1.74. The Bertz CT molecular complexity index is 193. The van der Waals surface area contributed by atoms with Crippen molar-refractivity contribution in [2.24, 2.45) is 10.9 Å². The maximum absolute atomic E-state index is 4.86. The first-order valence-electron chi connectivity index (χ1n) is 2.43. The van der Waals surface area contributed by atoms with Crippen LogP contribution in [0.1, 0.15) is 5.69 Å². The van der Waals surface area contributed by atoms with E-state index in [2.05, 4.69) is 15.1 Å². The van der Waals surface area contributed by atoms with E-state index in [0.717, 1.165) is 0 Å². The molecule has 0 bridgehead atoms. The molecule has 4 heteroatoms. The van der Waals surface area contributed by atoms with Gasteiger partial charge < -0.3 is 5.84 Å². The molecule has 9 heavy (non-hydrogen) atoms. The fraction of sp³-hybridized carbons (Fsp3) is 0. The van der Waals surface area contributed by atoms with E-state index in [1.807, 2.05) is 0 Å². The van der Waals surface area contributed by atoms with Gasteiger partial charge in [-0.15, -0.1) is 0 Å². The lowest BCUT2D eigenvalue weighted by atomic mass is 10.5. The first-order valence-corrected chi connectivity index (χ1v) is 2.43. The largest absolute Gasteiger partial charge is 0.323 e. The third kappa shape index (κ3) is 1.49. The van der Waals surface area contributed by atoms with Crippen molar-refractivity contribution >= 4 is 6.21 Å². The second-order valence-electron chi connectivity index (χ2n) is 1.41. The van der Waals surface area contributed by atoms with E-state index < -0.39 is 0 Å². The van der Waals surface area contributed by atoms with Gasteiger partial charge in [0.1, 0.15) is 5.69 Å². The average Bonchev–Trinajstić information content (AvgIpc) is 1.91. The fourth-order valence-corrected chi connectivity index (χ4v) is 0.454. The quantitative estimate of drug-likeness (QED) is 0.318. The van der Waals surface area contributed by atoms with Crippen molar-refractivity contribution in [3.8, 4) is 0 Å². The van der Waals surface area contributed by atoms with Gasteiger partial charge in [-0.3, -0.25) is 9.97 Å². The zero-order chi connectivity index (χ0) is 6.53. The van der Waals surface area contributed by atoms with Crippen molar-refractivity contribution in [1.29, 1.82) is 0 Å². The normalized spacial score (nSPS) is 10.2. The predicted molar refractivity (Wildman–Crippen MR) is 33.8 cm³/mol. The Morgan fingerprint density at radius 3 is 3.00 bits per heavy atom. The van der Waals surface area contributed by atoms with Crippen LogP contribution in [0.25, 0.3) is 0 Å². The summed E-state index contributed by atoms with van der Waals surface area (Å²) in [6, 6.07) is 0. The van der Waals surface area contributed by atoms with E-state index in [1.165, 1.54) is 6.21 Å². The maximum atomic E-state index is 4.86. The van der Waals surface area contributed by atoms with Crippen molar-refractivity contribution in [3.63, 3.8) is 0 Å². The highest BCUT2D eigenvalue weighted by Gasteiger charge is 1.82. The summed E-state index contributed by atoms with van der Waals surface area (Å²) in [4.78, 5) is 7.67. The standard InChI is InChI=1S/C5H6N4/c6-9-4-5-3-7-1-2-8-5/h1-4H,6H2. The summed E-state index contributed by atoms with van der Waals surface area (Å²) in [5.41, 5.74) is 0.667. The highest BCUT2D eigenvalue weighted by atomic mass is 15.1. The van der Waals surface area contributed by atoms with E-state index in [1.54, 1.807) is 18.6 Å². The number of aromatic nitrogens is 2. The zero-order valence-corrected chi connectivity index (χ0v) is 4.73. The molecule has 2 N–H and O–H groups in total. The van der Waals surface area contributed by atoms with Crippen LogP contribution in [0.5, 0.6) is 0 Å². The molecule has 0 saturated carbocycles. The summed E-state index contributed by atoms with van der Waals surface area (Å²) in [5.74, 6) is 4.86. The van der Waals surface area contributed by atoms with Crippen LogP contribution in [-0.2, 0) is 0 Å². The Balaban J connectivity index is 2.85. The summed E-state index contributed by atoms with van der Waals surface area (Å²) in [5, 5.41) is 3.28. The van der Waals surface area contributed by atoms with Gasteiger partial charge in [0.25, 0.3) is 0 Å². The van der Waals surface area contributed by atoms with Crippen LogP contribution < -0.4 is 5.84 Å². The Hall–Kier alpha value is -1.45. The van der Waals surface area contributed by atoms with E-state index in [0.29, 0.717) is 5.69 Å². The van der Waals surface area contributed by atoms with Gasteiger partial charge in [0.15, 0.2) is 0 Å². The molecule has 0 fully saturated rings. The fourth-order valence-electron chi connectivity index (χ4n) is 0.454. The molecule has 0 unspecified atom stereocenters. The van der Waals surface area contributed by atoms with E-state index in [9.17, 15) is 0 Å². The molecular weight excluding hydrogens is 116 g/mol. The summed E-state index contributed by atoms with van der Waals surface area (Å²) >= 11 is 0. The van der Waals surface area contributed by atoms with Gasteiger partial charge in [0.2, 0.25) is 0 Å². The smallest absolute Gasteiger partial charge is 0.101 e. The molecule has 0 aromatic carbocycles. The summed E-state index contributed by atoms with van der Waals surface area (Å²) < 4.78 is 0. The van der Waals surface area contributed by atoms with Gasteiger partial charge in [-0.25, -0.2) is 0 Å².